The molecular formula is C19H15F7N2O2S. The fraction of sp³-hybridized carbons (Fsp3) is 0.368. The normalized spacial score (nSPS) is 18.5. The summed E-state index contributed by atoms with van der Waals surface area (Å²) in [5, 5.41) is 0. The molecule has 2 heterocycles. The van der Waals surface area contributed by atoms with E-state index in [-0.39, 0.29) is 24.7 Å². The Morgan fingerprint density at radius 2 is 1.55 bits per heavy atom. The molecule has 1 saturated heterocycles. The molecule has 2 aliphatic heterocycles. The van der Waals surface area contributed by atoms with Gasteiger partial charge in [0.15, 0.2) is 0 Å². The van der Waals surface area contributed by atoms with E-state index in [0.29, 0.717) is 23.2 Å². The smallest absolute Gasteiger partial charge is 0.369 e. The van der Waals surface area contributed by atoms with Crippen molar-refractivity contribution in [3.63, 3.8) is 0 Å². The molecule has 0 radical (unpaired) electrons. The maximum Gasteiger partial charge on any atom is 0.418 e. The SMILES string of the molecule is O=S1(=O)c2cccc(F)c2CN1c1cc(C(F)(F)F)cc(C(F)(F)F)c1N1CCCC1. The summed E-state index contributed by atoms with van der Waals surface area (Å²) in [4.78, 5) is 0.749. The first kappa shape index (κ1) is 21.7. The number of rotatable bonds is 2. The molecule has 0 aromatic heterocycles. The van der Waals surface area contributed by atoms with Crippen molar-refractivity contribution in [3.8, 4) is 0 Å². The minimum atomic E-state index is -5.17. The highest BCUT2D eigenvalue weighted by Gasteiger charge is 2.45. The van der Waals surface area contributed by atoms with Gasteiger partial charge in [-0.15, -0.1) is 0 Å². The Hall–Kier alpha value is -2.50. The van der Waals surface area contributed by atoms with Gasteiger partial charge in [-0.05, 0) is 37.1 Å². The molecular weight excluding hydrogens is 453 g/mol. The zero-order valence-corrected chi connectivity index (χ0v) is 16.5. The zero-order valence-electron chi connectivity index (χ0n) is 15.7. The van der Waals surface area contributed by atoms with Crippen molar-refractivity contribution < 1.29 is 39.2 Å². The molecule has 0 amide bonds. The molecule has 12 heteroatoms. The Balaban J connectivity index is 2.02. The van der Waals surface area contributed by atoms with Crippen molar-refractivity contribution >= 4 is 21.4 Å². The average molecular weight is 468 g/mol. The predicted molar refractivity (Wildman–Crippen MR) is 97.7 cm³/mol. The van der Waals surface area contributed by atoms with E-state index < -0.39 is 62.1 Å². The fourth-order valence-electron chi connectivity index (χ4n) is 3.96. The number of hydrogen-bond donors (Lipinski definition) is 0. The van der Waals surface area contributed by atoms with Crippen molar-refractivity contribution in [2.75, 3.05) is 22.3 Å². The number of alkyl halides is 6. The maximum absolute atomic E-state index is 14.2. The number of halogens is 7. The van der Waals surface area contributed by atoms with E-state index in [9.17, 15) is 39.2 Å². The summed E-state index contributed by atoms with van der Waals surface area (Å²) >= 11 is 0. The molecule has 0 aliphatic carbocycles. The van der Waals surface area contributed by atoms with Gasteiger partial charge in [-0.25, -0.2) is 12.8 Å². The largest absolute Gasteiger partial charge is 0.418 e. The van der Waals surface area contributed by atoms with Gasteiger partial charge >= 0.3 is 12.4 Å². The van der Waals surface area contributed by atoms with Gasteiger partial charge in [0.25, 0.3) is 10.0 Å². The first-order valence-corrected chi connectivity index (χ1v) is 10.6. The lowest BCUT2D eigenvalue weighted by molar-refractivity contribution is -0.142. The van der Waals surface area contributed by atoms with Crippen molar-refractivity contribution in [1.82, 2.24) is 0 Å². The van der Waals surface area contributed by atoms with Crippen LogP contribution in [0.1, 0.15) is 29.5 Å². The van der Waals surface area contributed by atoms with Gasteiger partial charge in [-0.1, -0.05) is 6.07 Å². The van der Waals surface area contributed by atoms with Crippen molar-refractivity contribution in [2.45, 2.75) is 36.6 Å². The van der Waals surface area contributed by atoms with Crippen LogP contribution in [0.5, 0.6) is 0 Å². The summed E-state index contributed by atoms with van der Waals surface area (Å²) in [6, 6.07) is 3.55. The van der Waals surface area contributed by atoms with Crippen molar-refractivity contribution in [3.05, 3.63) is 52.8 Å². The molecule has 0 unspecified atom stereocenters. The van der Waals surface area contributed by atoms with E-state index in [1.165, 1.54) is 4.90 Å². The van der Waals surface area contributed by atoms with Crippen LogP contribution in [0, 0.1) is 5.82 Å². The van der Waals surface area contributed by atoms with E-state index in [1.807, 2.05) is 0 Å². The molecule has 31 heavy (non-hydrogen) atoms. The predicted octanol–water partition coefficient (Wildman–Crippen LogP) is 5.17. The first-order chi connectivity index (χ1) is 14.3. The van der Waals surface area contributed by atoms with Crippen LogP contribution in [0.3, 0.4) is 0 Å². The highest BCUT2D eigenvalue weighted by atomic mass is 32.2. The van der Waals surface area contributed by atoms with Crippen LogP contribution < -0.4 is 9.21 Å². The molecule has 0 spiro atoms. The zero-order chi connectivity index (χ0) is 22.8. The third-order valence-electron chi connectivity index (χ3n) is 5.36. The monoisotopic (exact) mass is 468 g/mol. The van der Waals surface area contributed by atoms with Crippen LogP contribution in [-0.2, 0) is 28.9 Å². The molecule has 0 saturated carbocycles. The fourth-order valence-corrected chi connectivity index (χ4v) is 5.62. The van der Waals surface area contributed by atoms with Gasteiger partial charge in [0, 0.05) is 18.7 Å². The number of sulfonamides is 1. The summed E-state index contributed by atoms with van der Waals surface area (Å²) in [7, 11) is -4.57. The van der Waals surface area contributed by atoms with Crippen LogP contribution in [0.25, 0.3) is 0 Å². The Morgan fingerprint density at radius 3 is 2.10 bits per heavy atom. The van der Waals surface area contributed by atoms with Gasteiger partial charge in [0.1, 0.15) is 5.82 Å². The van der Waals surface area contributed by atoms with E-state index in [2.05, 4.69) is 0 Å². The second-order valence-electron chi connectivity index (χ2n) is 7.31. The van der Waals surface area contributed by atoms with Crippen molar-refractivity contribution in [2.24, 2.45) is 0 Å². The third-order valence-corrected chi connectivity index (χ3v) is 7.20. The molecule has 2 aliphatic rings. The minimum absolute atomic E-state index is 0.00638. The molecule has 168 valence electrons. The molecule has 0 N–H and O–H groups in total. The van der Waals surface area contributed by atoms with Gasteiger partial charge in [-0.3, -0.25) is 4.31 Å². The topological polar surface area (TPSA) is 40.6 Å². The number of benzene rings is 2. The molecule has 4 rings (SSSR count). The second-order valence-corrected chi connectivity index (χ2v) is 9.14. The molecule has 0 bridgehead atoms. The lowest BCUT2D eigenvalue weighted by atomic mass is 10.0. The van der Waals surface area contributed by atoms with Gasteiger partial charge < -0.3 is 4.90 Å². The molecule has 0 atom stereocenters. The molecule has 4 nitrogen and oxygen atoms in total. The first-order valence-electron chi connectivity index (χ1n) is 9.19. The number of fused-ring (bicyclic) bond motifs is 1. The van der Waals surface area contributed by atoms with E-state index >= 15 is 0 Å². The van der Waals surface area contributed by atoms with Gasteiger partial charge in [0.2, 0.25) is 0 Å². The Labute approximate surface area is 172 Å². The average Bonchev–Trinajstić information content (AvgIpc) is 3.26. The standard InChI is InChI=1S/C19H15F7N2O2S/c20-14-4-3-5-16-12(14)10-28(31(16,29)30)15-9-11(18(21,22)23)8-13(19(24,25)26)17(15)27-6-1-2-7-27/h3-5,8-9H,1-2,6-7,10H2. The Bertz CT molecular complexity index is 1140. The highest BCUT2D eigenvalue weighted by molar-refractivity contribution is 7.93. The lowest BCUT2D eigenvalue weighted by Crippen LogP contribution is -2.30. The molecule has 1 fully saturated rings. The van der Waals surface area contributed by atoms with E-state index in [0.717, 1.165) is 18.2 Å². The highest BCUT2D eigenvalue weighted by Crippen LogP contribution is 2.49. The third kappa shape index (κ3) is 3.60. The van der Waals surface area contributed by atoms with Crippen LogP contribution in [0.2, 0.25) is 0 Å². The molecule has 2 aromatic carbocycles. The summed E-state index contributed by atoms with van der Waals surface area (Å²) in [5.74, 6) is -0.908. The van der Waals surface area contributed by atoms with E-state index in [1.54, 1.807) is 0 Å². The van der Waals surface area contributed by atoms with Crippen LogP contribution in [-0.4, -0.2) is 21.5 Å². The van der Waals surface area contributed by atoms with Crippen LogP contribution >= 0.6 is 0 Å². The minimum Gasteiger partial charge on any atom is -0.369 e. The summed E-state index contributed by atoms with van der Waals surface area (Å²) in [6.07, 6.45) is -9.33. The van der Waals surface area contributed by atoms with E-state index in [4.69, 9.17) is 0 Å². The number of anilines is 2. The van der Waals surface area contributed by atoms with Gasteiger partial charge in [-0.2, -0.15) is 26.3 Å². The summed E-state index contributed by atoms with van der Waals surface area (Å²) < 4.78 is 122. The molecule has 2 aromatic rings. The number of hydrogen-bond acceptors (Lipinski definition) is 3. The lowest BCUT2D eigenvalue weighted by Gasteiger charge is -2.30. The quantitative estimate of drug-likeness (QED) is 0.571. The Morgan fingerprint density at radius 1 is 0.903 bits per heavy atom. The summed E-state index contributed by atoms with van der Waals surface area (Å²) in [6.45, 7) is -0.461. The second kappa shape index (κ2) is 7.01. The Kier molecular flexibility index (Phi) is 4.91. The van der Waals surface area contributed by atoms with Crippen LogP contribution in [0.4, 0.5) is 42.1 Å². The number of nitrogens with zero attached hydrogens (tertiary/aromatic N) is 2. The van der Waals surface area contributed by atoms with Crippen molar-refractivity contribution in [1.29, 1.82) is 0 Å². The van der Waals surface area contributed by atoms with Crippen LogP contribution in [0.15, 0.2) is 35.2 Å². The maximum atomic E-state index is 14.2. The van der Waals surface area contributed by atoms with Gasteiger partial charge in [0.05, 0.1) is 33.9 Å². The summed E-state index contributed by atoms with van der Waals surface area (Å²) in [5.41, 5.74) is -4.93.